The molecule has 0 saturated carbocycles. The van der Waals surface area contributed by atoms with Crippen LogP contribution in [0.3, 0.4) is 0 Å². The van der Waals surface area contributed by atoms with Crippen molar-refractivity contribution < 1.29 is 22.7 Å². The molecule has 44 heavy (non-hydrogen) atoms. The second-order valence-corrected chi connectivity index (χ2v) is 13.4. The van der Waals surface area contributed by atoms with E-state index in [0.717, 1.165) is 29.8 Å². The van der Waals surface area contributed by atoms with Crippen LogP contribution in [0.5, 0.6) is 11.5 Å². The quantitative estimate of drug-likeness (QED) is 0.215. The zero-order chi connectivity index (χ0) is 31.0. The number of benzene rings is 3. The summed E-state index contributed by atoms with van der Waals surface area (Å²) in [6.45, 7) is 2.04. The summed E-state index contributed by atoms with van der Waals surface area (Å²) < 4.78 is 50.2. The molecule has 0 unspecified atom stereocenters. The highest BCUT2D eigenvalue weighted by molar-refractivity contribution is 7.89. The predicted molar refractivity (Wildman–Crippen MR) is 164 cm³/mol. The van der Waals surface area contributed by atoms with Crippen molar-refractivity contribution in [1.82, 2.24) is 14.1 Å². The van der Waals surface area contributed by atoms with E-state index in [1.54, 1.807) is 30.3 Å². The van der Waals surface area contributed by atoms with Crippen molar-refractivity contribution in [2.45, 2.75) is 37.0 Å². The lowest BCUT2D eigenvalue weighted by atomic mass is 9.80. The van der Waals surface area contributed by atoms with E-state index in [9.17, 15) is 23.2 Å². The Labute approximate surface area is 260 Å². The van der Waals surface area contributed by atoms with Crippen LogP contribution in [0.2, 0.25) is 5.02 Å². The number of nitrogens with zero attached hydrogens (tertiary/aromatic N) is 4. The molecule has 2 aliphatic rings. The summed E-state index contributed by atoms with van der Waals surface area (Å²) in [5, 5.41) is 24.1. The second kappa shape index (κ2) is 12.2. The monoisotopic (exact) mass is 632 g/mol. The van der Waals surface area contributed by atoms with Gasteiger partial charge in [0.05, 0.1) is 34.1 Å². The topological polar surface area (TPSA) is 108 Å². The first kappa shape index (κ1) is 30.0. The summed E-state index contributed by atoms with van der Waals surface area (Å²) in [4.78, 5) is 0.0802. The Bertz CT molecular complexity index is 1880. The largest absolute Gasteiger partial charge is 0.456 e. The Morgan fingerprint density at radius 2 is 1.91 bits per heavy atom. The van der Waals surface area contributed by atoms with Crippen LogP contribution < -0.4 is 4.74 Å². The molecule has 0 bridgehead atoms. The third kappa shape index (κ3) is 5.53. The van der Waals surface area contributed by atoms with Gasteiger partial charge in [-0.1, -0.05) is 35.7 Å². The first-order valence-electron chi connectivity index (χ1n) is 14.3. The molecule has 0 saturated heterocycles. The highest BCUT2D eigenvalue weighted by atomic mass is 35.5. The van der Waals surface area contributed by atoms with Crippen molar-refractivity contribution in [3.63, 3.8) is 0 Å². The number of aromatic nitrogens is 2. The molecule has 0 fully saturated rings. The van der Waals surface area contributed by atoms with E-state index in [-0.39, 0.29) is 58.6 Å². The van der Waals surface area contributed by atoms with Gasteiger partial charge in [0.2, 0.25) is 10.0 Å². The molecule has 1 N–H and O–H groups in total. The summed E-state index contributed by atoms with van der Waals surface area (Å²) >= 11 is 6.10. The number of nitriles is 1. The maximum Gasteiger partial charge on any atom is 0.243 e. The number of fused-ring (bicyclic) bond motifs is 1. The molecule has 6 rings (SSSR count). The Hall–Kier alpha value is -4.01. The minimum atomic E-state index is -3.94. The number of aliphatic hydroxyl groups is 1. The van der Waals surface area contributed by atoms with E-state index in [1.165, 1.54) is 51.8 Å². The second-order valence-electron chi connectivity index (χ2n) is 11.0. The minimum absolute atomic E-state index is 0.00140. The molecule has 1 aromatic heterocycles. The van der Waals surface area contributed by atoms with E-state index in [4.69, 9.17) is 16.3 Å². The number of hydrogen-bond donors (Lipinski definition) is 1. The van der Waals surface area contributed by atoms with Gasteiger partial charge in [0, 0.05) is 31.0 Å². The van der Waals surface area contributed by atoms with Gasteiger partial charge in [-0.2, -0.15) is 14.7 Å². The molecule has 3 aromatic carbocycles. The van der Waals surface area contributed by atoms with Crippen LogP contribution >= 0.6 is 11.6 Å². The van der Waals surface area contributed by atoms with Gasteiger partial charge in [-0.05, 0) is 79.4 Å². The Kier molecular flexibility index (Phi) is 8.31. The summed E-state index contributed by atoms with van der Waals surface area (Å²) in [6.07, 6.45) is 4.23. The molecule has 0 amide bonds. The fourth-order valence-electron chi connectivity index (χ4n) is 6.40. The number of sulfonamides is 1. The van der Waals surface area contributed by atoms with E-state index in [2.05, 4.69) is 12.0 Å². The number of ether oxygens (including phenoxy) is 1. The van der Waals surface area contributed by atoms with Gasteiger partial charge in [0.1, 0.15) is 28.9 Å². The molecule has 2 aliphatic carbocycles. The maximum atomic E-state index is 13.8. The predicted octanol–water partition coefficient (Wildman–Crippen LogP) is 6.38. The van der Waals surface area contributed by atoms with Gasteiger partial charge < -0.3 is 9.84 Å². The molecule has 1 heterocycles. The average molecular weight is 633 g/mol. The van der Waals surface area contributed by atoms with E-state index < -0.39 is 10.0 Å². The molecule has 0 aliphatic heterocycles. The molecule has 2 atom stereocenters. The Morgan fingerprint density at radius 3 is 2.61 bits per heavy atom. The van der Waals surface area contributed by atoms with Gasteiger partial charge >= 0.3 is 0 Å². The normalized spacial score (nSPS) is 17.8. The highest BCUT2D eigenvalue weighted by Crippen LogP contribution is 2.47. The third-order valence-corrected chi connectivity index (χ3v) is 10.7. The van der Waals surface area contributed by atoms with E-state index >= 15 is 0 Å². The maximum absolute atomic E-state index is 13.8. The van der Waals surface area contributed by atoms with E-state index in [1.807, 2.05) is 16.9 Å². The first-order valence-corrected chi connectivity index (χ1v) is 16.1. The van der Waals surface area contributed by atoms with E-state index in [0.29, 0.717) is 12.2 Å². The molecule has 0 radical (unpaired) electrons. The zero-order valence-electron chi connectivity index (χ0n) is 24.0. The lowest BCUT2D eigenvalue weighted by Gasteiger charge is -2.30. The average Bonchev–Trinajstić information content (AvgIpc) is 3.63. The van der Waals surface area contributed by atoms with Crippen LogP contribution in [0.15, 0.2) is 89.0 Å². The number of halogens is 2. The number of allylic oxidation sites excluding steroid dienone is 1. The summed E-state index contributed by atoms with van der Waals surface area (Å²) in [7, 11) is -3.94. The fraction of sp³-hybridized carbons (Fsp3) is 0.273. The van der Waals surface area contributed by atoms with Crippen molar-refractivity contribution in [3.8, 4) is 23.3 Å². The standard InChI is InChI=1S/C33H30ClFN4O4S/c1-21-29-19-37-39(25-9-7-24(35)8-10-25)31(29)17-22-5-6-23(33(21)22)20-38(15-16-40)44(41,42)27-13-11-26(12-14-27)43-32-4-2-3-30(34)28(32)18-36/h2-4,7-14,19,21,23,40H,5-6,15-17,20H2,1H3/t21-,23+/m0/s1. The summed E-state index contributed by atoms with van der Waals surface area (Å²) in [6, 6.07) is 19.2. The van der Waals surface area contributed by atoms with Gasteiger partial charge in [-0.3, -0.25) is 0 Å². The smallest absolute Gasteiger partial charge is 0.243 e. The van der Waals surface area contributed by atoms with Crippen molar-refractivity contribution in [1.29, 1.82) is 5.26 Å². The minimum Gasteiger partial charge on any atom is -0.456 e. The van der Waals surface area contributed by atoms with Crippen LogP contribution in [0, 0.1) is 23.1 Å². The van der Waals surface area contributed by atoms with Gasteiger partial charge in [0.25, 0.3) is 0 Å². The van der Waals surface area contributed by atoms with Gasteiger partial charge in [0.15, 0.2) is 0 Å². The third-order valence-electron chi connectivity index (χ3n) is 8.48. The molecule has 4 aromatic rings. The number of aliphatic hydroxyl groups excluding tert-OH is 1. The fourth-order valence-corrected chi connectivity index (χ4v) is 8.08. The van der Waals surface area contributed by atoms with Gasteiger partial charge in [-0.15, -0.1) is 0 Å². The van der Waals surface area contributed by atoms with Crippen molar-refractivity contribution in [2.24, 2.45) is 5.92 Å². The van der Waals surface area contributed by atoms with Crippen molar-refractivity contribution >= 4 is 21.6 Å². The zero-order valence-corrected chi connectivity index (χ0v) is 25.5. The Morgan fingerprint density at radius 1 is 1.16 bits per heavy atom. The number of rotatable bonds is 9. The summed E-state index contributed by atoms with van der Waals surface area (Å²) in [5.41, 5.74) is 5.69. The molecular formula is C33H30ClFN4O4S. The molecule has 8 nitrogen and oxygen atoms in total. The lowest BCUT2D eigenvalue weighted by Crippen LogP contribution is -2.38. The number of hydrogen-bond acceptors (Lipinski definition) is 6. The van der Waals surface area contributed by atoms with Crippen molar-refractivity contribution in [2.75, 3.05) is 19.7 Å². The molecule has 226 valence electrons. The van der Waals surface area contributed by atoms with Crippen LogP contribution in [0.25, 0.3) is 5.69 Å². The molecular weight excluding hydrogens is 603 g/mol. The van der Waals surface area contributed by atoms with Crippen LogP contribution in [0.1, 0.15) is 42.5 Å². The van der Waals surface area contributed by atoms with Crippen LogP contribution in [-0.2, 0) is 16.4 Å². The SMILES string of the molecule is C[C@@H]1C2=C(CC[C@@H]2CN(CCO)S(=O)(=O)c2ccc(Oc3cccc(Cl)c3C#N)cc2)Cc2c1cnn2-c1ccc(F)cc1. The molecule has 11 heteroatoms. The molecule has 0 spiro atoms. The van der Waals surface area contributed by atoms with Crippen LogP contribution in [-0.4, -0.2) is 47.3 Å². The van der Waals surface area contributed by atoms with Crippen LogP contribution in [0.4, 0.5) is 4.39 Å². The lowest BCUT2D eigenvalue weighted by molar-refractivity contribution is 0.243. The van der Waals surface area contributed by atoms with Crippen molar-refractivity contribution in [3.05, 3.63) is 112 Å². The van der Waals surface area contributed by atoms with Gasteiger partial charge in [-0.25, -0.2) is 17.5 Å². The summed E-state index contributed by atoms with van der Waals surface area (Å²) in [5.74, 6) is 0.379. The Balaban J connectivity index is 1.21. The highest BCUT2D eigenvalue weighted by Gasteiger charge is 2.38. The first-order chi connectivity index (χ1) is 21.2.